The Morgan fingerprint density at radius 1 is 1.03 bits per heavy atom. The highest BCUT2D eigenvalue weighted by atomic mass is 32.2. The molecule has 1 aromatic heterocycles. The van der Waals surface area contributed by atoms with Crippen LogP contribution in [0.3, 0.4) is 0 Å². The van der Waals surface area contributed by atoms with Crippen molar-refractivity contribution in [2.75, 3.05) is 21.9 Å². The molecule has 0 radical (unpaired) electrons. The minimum Gasteiger partial charge on any atom is -0.354 e. The second-order valence-corrected chi connectivity index (χ2v) is 10.4. The molecule has 0 spiro atoms. The van der Waals surface area contributed by atoms with Crippen molar-refractivity contribution < 1.29 is 17.6 Å². The minimum absolute atomic E-state index is 0.143. The molecule has 1 aliphatic heterocycles. The average Bonchev–Trinajstić information content (AvgIpc) is 3.37. The van der Waals surface area contributed by atoms with E-state index in [1.807, 2.05) is 24.3 Å². The van der Waals surface area contributed by atoms with Gasteiger partial charge in [0.25, 0.3) is 0 Å². The van der Waals surface area contributed by atoms with Crippen molar-refractivity contribution >= 4 is 38.2 Å². The molecule has 2 heterocycles. The zero-order valence-electron chi connectivity index (χ0n) is 18.4. The molecule has 6 nitrogen and oxygen atoms in total. The molecule has 0 atom stereocenters. The number of hydrogen-bond acceptors (Lipinski definition) is 3. The number of nitrogens with zero attached hydrogens (tertiary/aromatic N) is 1. The highest BCUT2D eigenvalue weighted by molar-refractivity contribution is 7.93. The van der Waals surface area contributed by atoms with Gasteiger partial charge in [-0.3, -0.25) is 9.10 Å². The molecule has 8 heteroatoms. The fourth-order valence-electron chi connectivity index (χ4n) is 4.45. The Hall–Kier alpha value is -3.65. The first-order valence-electron chi connectivity index (χ1n) is 11.2. The van der Waals surface area contributed by atoms with E-state index in [0.717, 1.165) is 27.7 Å². The summed E-state index contributed by atoms with van der Waals surface area (Å²) < 4.78 is 39.3. The highest BCUT2D eigenvalue weighted by Crippen LogP contribution is 2.32. The molecule has 0 unspecified atom stereocenters. The third-order valence-corrected chi connectivity index (χ3v) is 7.94. The van der Waals surface area contributed by atoms with Crippen molar-refractivity contribution in [1.29, 1.82) is 0 Å². The maximum atomic E-state index is 13.4. The summed E-state index contributed by atoms with van der Waals surface area (Å²) in [6.07, 6.45) is 1.32. The first-order chi connectivity index (χ1) is 16.4. The first-order valence-corrected chi connectivity index (χ1v) is 12.8. The number of aryl methyl sites for hydroxylation is 1. The number of sulfonamides is 1. The van der Waals surface area contributed by atoms with E-state index in [1.165, 1.54) is 16.4 Å². The number of H-pyrrole nitrogens is 1. The van der Waals surface area contributed by atoms with E-state index in [-0.39, 0.29) is 23.9 Å². The lowest BCUT2D eigenvalue weighted by molar-refractivity contribution is -0.116. The van der Waals surface area contributed by atoms with Gasteiger partial charge in [0, 0.05) is 35.2 Å². The number of carbonyl (C=O) groups excluding carboxylic acids is 1. The van der Waals surface area contributed by atoms with Crippen LogP contribution in [0.25, 0.3) is 22.2 Å². The van der Waals surface area contributed by atoms with Crippen molar-refractivity contribution in [3.8, 4) is 11.3 Å². The smallest absolute Gasteiger partial charge is 0.235 e. The maximum absolute atomic E-state index is 13.4. The second kappa shape index (κ2) is 8.95. The number of para-hydroxylation sites is 1. The standard InChI is InChI=1S/C26H24FN3O3S/c27-19-11-9-18(10-12-19)26-23(22-7-1-2-8-24(22)29-26)13-14-25(31)28-20-5-3-6-21(17-20)30-15-4-16-34(30,32)33/h1-3,5-12,17,29H,4,13-16H2,(H,28,31). The number of aromatic amines is 1. The summed E-state index contributed by atoms with van der Waals surface area (Å²) in [6, 6.07) is 21.1. The van der Waals surface area contributed by atoms with Crippen LogP contribution < -0.4 is 9.62 Å². The Morgan fingerprint density at radius 3 is 2.59 bits per heavy atom. The molecule has 1 saturated heterocycles. The van der Waals surface area contributed by atoms with Crippen LogP contribution in [-0.2, 0) is 21.2 Å². The van der Waals surface area contributed by atoms with Crippen LogP contribution in [0.1, 0.15) is 18.4 Å². The Bertz CT molecular complexity index is 1460. The van der Waals surface area contributed by atoms with Gasteiger partial charge in [0.2, 0.25) is 15.9 Å². The van der Waals surface area contributed by atoms with Gasteiger partial charge in [-0.15, -0.1) is 0 Å². The number of halogens is 1. The summed E-state index contributed by atoms with van der Waals surface area (Å²) in [6.45, 7) is 0.451. The summed E-state index contributed by atoms with van der Waals surface area (Å²) in [4.78, 5) is 16.2. The van der Waals surface area contributed by atoms with Gasteiger partial charge in [0.1, 0.15) is 5.82 Å². The van der Waals surface area contributed by atoms with E-state index in [2.05, 4.69) is 10.3 Å². The summed E-state index contributed by atoms with van der Waals surface area (Å²) in [5.74, 6) is -0.327. The minimum atomic E-state index is -3.29. The van der Waals surface area contributed by atoms with Crippen molar-refractivity contribution in [2.24, 2.45) is 0 Å². The zero-order valence-corrected chi connectivity index (χ0v) is 19.2. The number of fused-ring (bicyclic) bond motifs is 1. The summed E-state index contributed by atoms with van der Waals surface area (Å²) in [7, 11) is -3.29. The summed E-state index contributed by atoms with van der Waals surface area (Å²) in [5, 5.41) is 3.91. The molecule has 4 aromatic rings. The molecular weight excluding hydrogens is 453 g/mol. The van der Waals surface area contributed by atoms with E-state index >= 15 is 0 Å². The fraction of sp³-hybridized carbons (Fsp3) is 0.192. The number of benzene rings is 3. The SMILES string of the molecule is O=C(CCc1c(-c2ccc(F)cc2)[nH]c2ccccc12)Nc1cccc(N2CCCS2(=O)=O)c1. The van der Waals surface area contributed by atoms with Crippen LogP contribution in [-0.4, -0.2) is 31.6 Å². The van der Waals surface area contributed by atoms with E-state index in [4.69, 9.17) is 0 Å². The Labute approximate surface area is 197 Å². The quantitative estimate of drug-likeness (QED) is 0.406. The molecule has 2 N–H and O–H groups in total. The van der Waals surface area contributed by atoms with E-state index in [1.54, 1.807) is 36.4 Å². The van der Waals surface area contributed by atoms with Gasteiger partial charge in [-0.1, -0.05) is 24.3 Å². The molecule has 0 saturated carbocycles. The molecule has 3 aromatic carbocycles. The van der Waals surface area contributed by atoms with E-state index in [9.17, 15) is 17.6 Å². The molecule has 1 amide bonds. The lowest BCUT2D eigenvalue weighted by Gasteiger charge is -2.17. The topological polar surface area (TPSA) is 82.3 Å². The molecule has 0 bridgehead atoms. The fourth-order valence-corrected chi connectivity index (χ4v) is 6.01. The van der Waals surface area contributed by atoms with Crippen LogP contribution in [0.4, 0.5) is 15.8 Å². The van der Waals surface area contributed by atoms with Gasteiger partial charge in [-0.25, -0.2) is 12.8 Å². The normalized spacial score (nSPS) is 15.0. The Morgan fingerprint density at radius 2 is 1.82 bits per heavy atom. The van der Waals surface area contributed by atoms with Gasteiger partial charge in [0.15, 0.2) is 0 Å². The lowest BCUT2D eigenvalue weighted by atomic mass is 10.0. The molecular formula is C26H24FN3O3S. The number of aromatic nitrogens is 1. The molecule has 174 valence electrons. The average molecular weight is 478 g/mol. The van der Waals surface area contributed by atoms with Crippen LogP contribution >= 0.6 is 0 Å². The van der Waals surface area contributed by atoms with Crippen molar-refractivity contribution in [2.45, 2.75) is 19.3 Å². The molecule has 34 heavy (non-hydrogen) atoms. The monoisotopic (exact) mass is 477 g/mol. The summed E-state index contributed by atoms with van der Waals surface area (Å²) >= 11 is 0. The molecule has 0 aliphatic carbocycles. The van der Waals surface area contributed by atoms with Crippen molar-refractivity contribution in [1.82, 2.24) is 4.98 Å². The van der Waals surface area contributed by atoms with Crippen molar-refractivity contribution in [3.63, 3.8) is 0 Å². The maximum Gasteiger partial charge on any atom is 0.235 e. The Balaban J connectivity index is 1.34. The van der Waals surface area contributed by atoms with Gasteiger partial charge in [0.05, 0.1) is 11.4 Å². The van der Waals surface area contributed by atoms with Crippen LogP contribution in [0, 0.1) is 5.82 Å². The van der Waals surface area contributed by atoms with Gasteiger partial charge in [-0.2, -0.15) is 0 Å². The molecule has 1 fully saturated rings. The first kappa shape index (κ1) is 22.2. The summed E-state index contributed by atoms with van der Waals surface area (Å²) in [5.41, 5.74) is 4.79. The number of carbonyl (C=O) groups is 1. The predicted octanol–water partition coefficient (Wildman–Crippen LogP) is 5.09. The number of nitrogens with one attached hydrogen (secondary N) is 2. The van der Waals surface area contributed by atoms with Crippen LogP contribution in [0.2, 0.25) is 0 Å². The molecule has 1 aliphatic rings. The number of anilines is 2. The van der Waals surface area contributed by atoms with Crippen molar-refractivity contribution in [3.05, 3.63) is 84.2 Å². The third kappa shape index (κ3) is 4.41. The highest BCUT2D eigenvalue weighted by Gasteiger charge is 2.28. The van der Waals surface area contributed by atoms with Gasteiger partial charge in [-0.05, 0) is 72.5 Å². The van der Waals surface area contributed by atoms with Gasteiger partial charge >= 0.3 is 0 Å². The zero-order chi connectivity index (χ0) is 23.7. The van der Waals surface area contributed by atoms with E-state index < -0.39 is 10.0 Å². The van der Waals surface area contributed by atoms with E-state index in [0.29, 0.717) is 30.8 Å². The van der Waals surface area contributed by atoms with Gasteiger partial charge < -0.3 is 10.3 Å². The van der Waals surface area contributed by atoms with Crippen LogP contribution in [0.5, 0.6) is 0 Å². The number of rotatable bonds is 6. The Kier molecular flexibility index (Phi) is 5.83. The third-order valence-electron chi connectivity index (χ3n) is 6.07. The predicted molar refractivity (Wildman–Crippen MR) is 133 cm³/mol. The number of amides is 1. The lowest BCUT2D eigenvalue weighted by Crippen LogP contribution is -2.25. The second-order valence-electron chi connectivity index (χ2n) is 8.37. The number of hydrogen-bond donors (Lipinski definition) is 2. The largest absolute Gasteiger partial charge is 0.354 e. The van der Waals surface area contributed by atoms with Crippen LogP contribution in [0.15, 0.2) is 72.8 Å². The molecule has 5 rings (SSSR count).